The van der Waals surface area contributed by atoms with Crippen molar-refractivity contribution in [2.24, 2.45) is 0 Å². The summed E-state index contributed by atoms with van der Waals surface area (Å²) in [6.07, 6.45) is 0. The van der Waals surface area contributed by atoms with Crippen molar-refractivity contribution in [3.8, 4) is 83.6 Å². The van der Waals surface area contributed by atoms with E-state index in [-0.39, 0.29) is 23.0 Å². The standard InChI is InChI=1S/C103H82BN3/c1-100(2,3)71-52-50-65(51-53-71)70-56-95-97-96(57-70)107(99-82(68-36-18-12-19-37-68)60-73(102(7,8)9)61-83(99)69-38-20-13-21-39-69)94-63-84-77-42-24-29-47-87(77)103(85-45-27-22-40-75(85)76-41-23-28-46-86(76)103)88(84)64-90(94)104(97)89-55-54-74(105-91-48-30-25-43-78(91)79-44-26-31-49-92(79)105)62-93(89)106(95)98-80(66-32-14-10-15-33-66)58-72(101(4,5)6)59-81(98)67-34-16-11-17-35-67/h10-64H,1-9H3. The van der Waals surface area contributed by atoms with Crippen molar-refractivity contribution >= 4 is 79.0 Å². The Kier molecular flexibility index (Phi) is 14.4. The molecule has 0 radical (unpaired) electrons. The highest BCUT2D eigenvalue weighted by atomic mass is 15.2. The number of benzene rings is 15. The van der Waals surface area contributed by atoms with E-state index in [0.717, 1.165) is 84.3 Å². The Morgan fingerprint density at radius 2 is 0.626 bits per heavy atom. The van der Waals surface area contributed by atoms with E-state index in [0.29, 0.717) is 0 Å². The van der Waals surface area contributed by atoms with Crippen molar-refractivity contribution in [2.45, 2.75) is 84.0 Å². The molecule has 0 fully saturated rings. The molecule has 15 aromatic carbocycles. The second-order valence-electron chi connectivity index (χ2n) is 33.1. The first-order chi connectivity index (χ1) is 52.0. The van der Waals surface area contributed by atoms with Gasteiger partial charge in [-0.1, -0.05) is 329 Å². The summed E-state index contributed by atoms with van der Waals surface area (Å²) < 4.78 is 2.52. The van der Waals surface area contributed by atoms with E-state index >= 15 is 0 Å². The number of hydrogen-bond acceptors (Lipinski definition) is 2. The zero-order valence-corrected chi connectivity index (χ0v) is 62.2. The molecule has 2 aliphatic heterocycles. The van der Waals surface area contributed by atoms with E-state index < -0.39 is 5.41 Å². The van der Waals surface area contributed by atoms with Crippen molar-refractivity contribution in [2.75, 3.05) is 9.80 Å². The molecule has 512 valence electrons. The molecule has 4 aliphatic rings. The summed E-state index contributed by atoms with van der Waals surface area (Å²) in [5, 5.41) is 2.45. The quantitative estimate of drug-likeness (QED) is 0.141. The molecule has 20 rings (SSSR count). The molecular weight excluding hydrogens is 1290 g/mol. The van der Waals surface area contributed by atoms with Crippen LogP contribution in [-0.2, 0) is 21.7 Å². The van der Waals surface area contributed by atoms with Crippen molar-refractivity contribution < 1.29 is 0 Å². The second kappa shape index (κ2) is 23.9. The molecule has 0 saturated heterocycles. The van der Waals surface area contributed by atoms with Crippen molar-refractivity contribution in [3.05, 3.63) is 373 Å². The smallest absolute Gasteiger partial charge is 0.252 e. The van der Waals surface area contributed by atoms with Gasteiger partial charge in [0, 0.05) is 61.5 Å². The zero-order valence-electron chi connectivity index (χ0n) is 62.2. The maximum Gasteiger partial charge on any atom is 0.252 e. The van der Waals surface area contributed by atoms with Gasteiger partial charge in [0.05, 0.1) is 27.8 Å². The number of anilines is 6. The van der Waals surface area contributed by atoms with Crippen LogP contribution in [0.3, 0.4) is 0 Å². The number of rotatable bonds is 8. The number of fused-ring (bicyclic) bond motifs is 17. The third-order valence-electron chi connectivity index (χ3n) is 23.8. The lowest BCUT2D eigenvalue weighted by molar-refractivity contribution is 0.590. The fourth-order valence-corrected chi connectivity index (χ4v) is 18.7. The molecule has 0 atom stereocenters. The Hall–Kier alpha value is -12.2. The summed E-state index contributed by atoms with van der Waals surface area (Å²) in [5.74, 6) is 0. The molecule has 1 spiro atoms. The average molecular weight is 1370 g/mol. The second-order valence-corrected chi connectivity index (χ2v) is 33.1. The van der Waals surface area contributed by atoms with Crippen LogP contribution in [0.25, 0.3) is 105 Å². The summed E-state index contributed by atoms with van der Waals surface area (Å²) >= 11 is 0. The first-order valence-electron chi connectivity index (χ1n) is 38.1. The van der Waals surface area contributed by atoms with Gasteiger partial charge < -0.3 is 14.4 Å². The van der Waals surface area contributed by atoms with Crippen LogP contribution in [0.15, 0.2) is 334 Å². The van der Waals surface area contributed by atoms with Crippen LogP contribution < -0.4 is 26.2 Å². The first kappa shape index (κ1) is 64.4. The van der Waals surface area contributed by atoms with E-state index in [9.17, 15) is 0 Å². The largest absolute Gasteiger partial charge is 0.310 e. The van der Waals surface area contributed by atoms with Gasteiger partial charge in [-0.25, -0.2) is 0 Å². The normalized spacial score (nSPS) is 13.7. The summed E-state index contributed by atoms with van der Waals surface area (Å²) in [5.41, 5.74) is 38.6. The molecule has 0 N–H and O–H groups in total. The summed E-state index contributed by atoms with van der Waals surface area (Å²) in [4.78, 5) is 5.52. The van der Waals surface area contributed by atoms with Gasteiger partial charge in [-0.05, 0) is 194 Å². The minimum atomic E-state index is -0.627. The highest BCUT2D eigenvalue weighted by Crippen LogP contribution is 2.64. The molecule has 2 aliphatic carbocycles. The Balaban J connectivity index is 1.01. The van der Waals surface area contributed by atoms with Crippen LogP contribution in [0.2, 0.25) is 0 Å². The van der Waals surface area contributed by atoms with Crippen LogP contribution in [-0.4, -0.2) is 11.3 Å². The van der Waals surface area contributed by atoms with Crippen molar-refractivity contribution in [3.63, 3.8) is 0 Å². The summed E-state index contributed by atoms with van der Waals surface area (Å²) in [6.45, 7) is 20.9. The Morgan fingerprint density at radius 3 is 1.05 bits per heavy atom. The van der Waals surface area contributed by atoms with Crippen LogP contribution in [0, 0.1) is 0 Å². The maximum atomic E-state index is 2.77. The van der Waals surface area contributed by atoms with E-state index in [4.69, 9.17) is 0 Å². The Labute approximate surface area is 629 Å². The van der Waals surface area contributed by atoms with Gasteiger partial charge in [0.25, 0.3) is 6.71 Å². The predicted octanol–water partition coefficient (Wildman–Crippen LogP) is 25.4. The number of para-hydroxylation sites is 2. The zero-order chi connectivity index (χ0) is 72.4. The minimum absolute atomic E-state index is 0.0649. The minimum Gasteiger partial charge on any atom is -0.310 e. The van der Waals surface area contributed by atoms with Crippen LogP contribution >= 0.6 is 0 Å². The van der Waals surface area contributed by atoms with E-state index in [1.807, 2.05) is 0 Å². The molecule has 3 nitrogen and oxygen atoms in total. The number of nitrogens with zero attached hydrogens (tertiary/aromatic N) is 3. The molecule has 0 bridgehead atoms. The van der Waals surface area contributed by atoms with E-state index in [1.54, 1.807) is 0 Å². The van der Waals surface area contributed by atoms with Crippen molar-refractivity contribution in [1.82, 2.24) is 4.57 Å². The third kappa shape index (κ3) is 9.81. The molecule has 16 aromatic rings. The lowest BCUT2D eigenvalue weighted by Gasteiger charge is -2.46. The van der Waals surface area contributed by atoms with E-state index in [2.05, 4.69) is 410 Å². The van der Waals surface area contributed by atoms with Gasteiger partial charge in [0.2, 0.25) is 0 Å². The molecule has 1 aromatic heterocycles. The predicted molar refractivity (Wildman–Crippen MR) is 454 cm³/mol. The van der Waals surface area contributed by atoms with Gasteiger partial charge in [-0.15, -0.1) is 0 Å². The van der Waals surface area contributed by atoms with Gasteiger partial charge in [0.1, 0.15) is 0 Å². The lowest BCUT2D eigenvalue weighted by Crippen LogP contribution is -2.61. The lowest BCUT2D eigenvalue weighted by atomic mass is 9.33. The highest BCUT2D eigenvalue weighted by molar-refractivity contribution is 7.00. The molecule has 4 heteroatoms. The number of hydrogen-bond donors (Lipinski definition) is 0. The summed E-state index contributed by atoms with van der Waals surface area (Å²) in [6, 6.07) is 129. The maximum absolute atomic E-state index is 2.77. The third-order valence-corrected chi connectivity index (χ3v) is 23.8. The first-order valence-corrected chi connectivity index (χ1v) is 38.1. The SMILES string of the molecule is CC(C)(C)c1ccc(-c2cc3c4c(c2)N(c2c(-c5ccccc5)cc(C(C)(C)C)cc2-c2ccccc2)c2cc5c(cc2B4c2ccc(-n4c6ccccc6c6ccccc64)cc2N3c2c(-c3ccccc3)cc(C(C)(C)C)cc2-c2ccccc2)C2(c3ccccc3-c3ccccc32)c2ccccc2-5)cc1. The van der Waals surface area contributed by atoms with E-state index in [1.165, 1.54) is 111 Å². The Bertz CT molecular complexity index is 6080. The molecule has 0 unspecified atom stereocenters. The molecule has 0 saturated carbocycles. The van der Waals surface area contributed by atoms with Crippen LogP contribution in [0.1, 0.15) is 101 Å². The van der Waals surface area contributed by atoms with Crippen LogP contribution in [0.4, 0.5) is 34.1 Å². The monoisotopic (exact) mass is 1370 g/mol. The van der Waals surface area contributed by atoms with Gasteiger partial charge in [-0.3, -0.25) is 0 Å². The molecular formula is C103H82BN3. The van der Waals surface area contributed by atoms with Gasteiger partial charge in [-0.2, -0.15) is 0 Å². The van der Waals surface area contributed by atoms with Gasteiger partial charge in [0.15, 0.2) is 0 Å². The van der Waals surface area contributed by atoms with Crippen molar-refractivity contribution in [1.29, 1.82) is 0 Å². The van der Waals surface area contributed by atoms with Gasteiger partial charge >= 0.3 is 0 Å². The highest BCUT2D eigenvalue weighted by Gasteiger charge is 2.54. The summed E-state index contributed by atoms with van der Waals surface area (Å²) in [7, 11) is 0. The molecule has 0 amide bonds. The fourth-order valence-electron chi connectivity index (χ4n) is 18.7. The number of aromatic nitrogens is 1. The molecule has 107 heavy (non-hydrogen) atoms. The fraction of sp³-hybridized carbons (Fsp3) is 0.126. The average Bonchev–Trinajstić information content (AvgIpc) is 1.57. The molecule has 3 heterocycles. The topological polar surface area (TPSA) is 11.4 Å². The van der Waals surface area contributed by atoms with Crippen LogP contribution in [0.5, 0.6) is 0 Å². The Morgan fingerprint density at radius 1 is 0.252 bits per heavy atom.